The van der Waals surface area contributed by atoms with Crippen molar-refractivity contribution in [3.63, 3.8) is 0 Å². The molecule has 0 aliphatic carbocycles. The van der Waals surface area contributed by atoms with Crippen LogP contribution in [0.25, 0.3) is 0 Å². The zero-order valence-corrected chi connectivity index (χ0v) is 9.93. The Hall–Kier alpha value is -1.17. The van der Waals surface area contributed by atoms with Gasteiger partial charge < -0.3 is 10.6 Å². The molecule has 1 aromatic rings. The van der Waals surface area contributed by atoms with Crippen molar-refractivity contribution in [3.05, 3.63) is 0 Å². The van der Waals surface area contributed by atoms with Crippen LogP contribution in [0.4, 0.5) is 5.95 Å². The monoisotopic (exact) mass is 212 g/mol. The van der Waals surface area contributed by atoms with Crippen LogP contribution in [0.1, 0.15) is 20.8 Å². The van der Waals surface area contributed by atoms with Crippen molar-refractivity contribution >= 4 is 5.95 Å². The maximum atomic E-state index is 5.72. The molecule has 2 N–H and O–H groups in total. The van der Waals surface area contributed by atoms with Gasteiger partial charge in [-0.25, -0.2) is 4.68 Å². The van der Waals surface area contributed by atoms with Crippen LogP contribution < -0.4 is 10.6 Å². The number of nitrogens with zero attached hydrogens (tertiary/aromatic N) is 5. The van der Waals surface area contributed by atoms with Gasteiger partial charge in [0.1, 0.15) is 0 Å². The lowest BCUT2D eigenvalue weighted by atomic mass is 9.93. The highest BCUT2D eigenvalue weighted by Gasteiger charge is 2.22. The molecule has 0 amide bonds. The summed E-state index contributed by atoms with van der Waals surface area (Å²) < 4.78 is 1.68. The van der Waals surface area contributed by atoms with Crippen molar-refractivity contribution in [1.29, 1.82) is 0 Å². The largest absolute Gasteiger partial charge is 0.339 e. The highest BCUT2D eigenvalue weighted by Crippen LogP contribution is 2.18. The quantitative estimate of drug-likeness (QED) is 0.745. The Morgan fingerprint density at radius 2 is 2.13 bits per heavy atom. The molecule has 1 heterocycles. The summed E-state index contributed by atoms with van der Waals surface area (Å²) in [6.45, 7) is 8.74. The first-order valence-electron chi connectivity index (χ1n) is 5.17. The molecule has 0 radical (unpaired) electrons. The Morgan fingerprint density at radius 3 is 2.53 bits per heavy atom. The highest BCUT2D eigenvalue weighted by molar-refractivity contribution is 5.27. The van der Waals surface area contributed by atoms with E-state index in [9.17, 15) is 0 Å². The van der Waals surface area contributed by atoms with Crippen molar-refractivity contribution < 1.29 is 0 Å². The smallest absolute Gasteiger partial charge is 0.245 e. The van der Waals surface area contributed by atoms with E-state index in [2.05, 4.69) is 41.2 Å². The molecular formula is C9H20N6. The fourth-order valence-electron chi connectivity index (χ4n) is 1.40. The first-order valence-corrected chi connectivity index (χ1v) is 5.17. The minimum Gasteiger partial charge on any atom is -0.339 e. The van der Waals surface area contributed by atoms with Gasteiger partial charge in [0, 0.05) is 20.1 Å². The minimum atomic E-state index is 0.0714. The molecule has 15 heavy (non-hydrogen) atoms. The number of tetrazole rings is 1. The summed E-state index contributed by atoms with van der Waals surface area (Å²) in [5, 5.41) is 11.5. The van der Waals surface area contributed by atoms with Gasteiger partial charge in [0.05, 0.1) is 0 Å². The predicted molar refractivity (Wildman–Crippen MR) is 59.5 cm³/mol. The molecule has 0 bridgehead atoms. The van der Waals surface area contributed by atoms with E-state index < -0.39 is 0 Å². The van der Waals surface area contributed by atoms with Crippen LogP contribution in [0.2, 0.25) is 0 Å². The third-order valence-electron chi connectivity index (χ3n) is 2.43. The Morgan fingerprint density at radius 1 is 1.47 bits per heavy atom. The van der Waals surface area contributed by atoms with Crippen LogP contribution in [0, 0.1) is 5.41 Å². The van der Waals surface area contributed by atoms with Gasteiger partial charge in [0.25, 0.3) is 0 Å². The van der Waals surface area contributed by atoms with E-state index >= 15 is 0 Å². The maximum Gasteiger partial charge on any atom is 0.245 e. The van der Waals surface area contributed by atoms with Crippen molar-refractivity contribution in [3.8, 4) is 0 Å². The standard InChI is InChI=1S/C9H20N6/c1-5-15(7-9(2,3)6-10)8-11-12-13-14(8)4/h5-7,10H2,1-4H3. The number of rotatable bonds is 5. The van der Waals surface area contributed by atoms with Crippen LogP contribution in [0.3, 0.4) is 0 Å². The molecule has 0 spiro atoms. The normalized spacial score (nSPS) is 11.8. The second-order valence-electron chi connectivity index (χ2n) is 4.49. The molecule has 0 unspecified atom stereocenters. The maximum absolute atomic E-state index is 5.72. The van der Waals surface area contributed by atoms with E-state index in [1.807, 2.05) is 7.05 Å². The zero-order chi connectivity index (χ0) is 11.5. The van der Waals surface area contributed by atoms with Crippen LogP contribution >= 0.6 is 0 Å². The van der Waals surface area contributed by atoms with Crippen molar-refractivity contribution in [2.24, 2.45) is 18.2 Å². The van der Waals surface area contributed by atoms with Gasteiger partial charge in [-0.2, -0.15) is 0 Å². The third kappa shape index (κ3) is 2.89. The summed E-state index contributed by atoms with van der Waals surface area (Å²) in [6.07, 6.45) is 0. The molecule has 0 atom stereocenters. The van der Waals surface area contributed by atoms with Crippen LogP contribution in [0.5, 0.6) is 0 Å². The second kappa shape index (κ2) is 4.57. The van der Waals surface area contributed by atoms with Gasteiger partial charge in [0.2, 0.25) is 5.95 Å². The molecule has 1 aromatic heterocycles. The predicted octanol–water partition coefficient (Wildman–Crippen LogP) is 0.0213. The van der Waals surface area contributed by atoms with Crippen molar-refractivity contribution in [1.82, 2.24) is 20.2 Å². The molecule has 6 nitrogen and oxygen atoms in total. The lowest BCUT2D eigenvalue weighted by molar-refractivity contribution is 0.376. The molecule has 6 heteroatoms. The first kappa shape index (κ1) is 11.9. The summed E-state index contributed by atoms with van der Waals surface area (Å²) in [6, 6.07) is 0. The van der Waals surface area contributed by atoms with Gasteiger partial charge in [0.15, 0.2) is 0 Å². The molecule has 0 aliphatic rings. The topological polar surface area (TPSA) is 72.9 Å². The fraction of sp³-hybridized carbons (Fsp3) is 0.889. The fourth-order valence-corrected chi connectivity index (χ4v) is 1.40. The Balaban J connectivity index is 2.77. The van der Waals surface area contributed by atoms with Crippen LogP contribution in [-0.4, -0.2) is 39.8 Å². The van der Waals surface area contributed by atoms with Gasteiger partial charge in [-0.3, -0.25) is 0 Å². The summed E-state index contributed by atoms with van der Waals surface area (Å²) in [5.41, 5.74) is 5.79. The molecular weight excluding hydrogens is 192 g/mol. The lowest BCUT2D eigenvalue weighted by Crippen LogP contribution is -2.39. The number of hydrogen-bond acceptors (Lipinski definition) is 5. The zero-order valence-electron chi connectivity index (χ0n) is 9.93. The summed E-state index contributed by atoms with van der Waals surface area (Å²) in [4.78, 5) is 2.13. The Kier molecular flexibility index (Phi) is 3.62. The van der Waals surface area contributed by atoms with Crippen molar-refractivity contribution in [2.75, 3.05) is 24.5 Å². The average molecular weight is 212 g/mol. The van der Waals surface area contributed by atoms with E-state index in [0.717, 1.165) is 19.0 Å². The van der Waals surface area contributed by atoms with Gasteiger partial charge in [-0.05, 0) is 29.3 Å². The number of anilines is 1. The van der Waals surface area contributed by atoms with Gasteiger partial charge in [-0.15, -0.1) is 0 Å². The van der Waals surface area contributed by atoms with Gasteiger partial charge in [-0.1, -0.05) is 18.9 Å². The molecule has 0 saturated carbocycles. The molecule has 1 rings (SSSR count). The summed E-state index contributed by atoms with van der Waals surface area (Å²) in [7, 11) is 1.84. The highest BCUT2D eigenvalue weighted by atomic mass is 15.6. The average Bonchev–Trinajstić information content (AvgIpc) is 2.61. The van der Waals surface area contributed by atoms with E-state index in [1.165, 1.54) is 0 Å². The number of hydrogen-bond donors (Lipinski definition) is 1. The Labute approximate surface area is 90.4 Å². The third-order valence-corrected chi connectivity index (χ3v) is 2.43. The van der Waals surface area contributed by atoms with E-state index in [1.54, 1.807) is 4.68 Å². The molecule has 0 aliphatic heterocycles. The number of nitrogens with two attached hydrogens (primary N) is 1. The number of aromatic nitrogens is 4. The summed E-state index contributed by atoms with van der Waals surface area (Å²) >= 11 is 0. The molecule has 86 valence electrons. The summed E-state index contributed by atoms with van der Waals surface area (Å²) in [5.74, 6) is 0.791. The SMILES string of the molecule is CCN(CC(C)(C)CN)c1nnnn1C. The minimum absolute atomic E-state index is 0.0714. The van der Waals surface area contributed by atoms with Gasteiger partial charge >= 0.3 is 0 Å². The van der Waals surface area contributed by atoms with E-state index in [4.69, 9.17) is 5.73 Å². The molecule has 0 saturated heterocycles. The first-order chi connectivity index (χ1) is 7.00. The Bertz CT molecular complexity index is 305. The van der Waals surface area contributed by atoms with Crippen LogP contribution in [-0.2, 0) is 7.05 Å². The second-order valence-corrected chi connectivity index (χ2v) is 4.49. The van der Waals surface area contributed by atoms with E-state index in [-0.39, 0.29) is 5.41 Å². The molecule has 0 aromatic carbocycles. The molecule has 0 fully saturated rings. The van der Waals surface area contributed by atoms with Crippen LogP contribution in [0.15, 0.2) is 0 Å². The number of aryl methyl sites for hydroxylation is 1. The van der Waals surface area contributed by atoms with E-state index in [0.29, 0.717) is 6.54 Å². The lowest BCUT2D eigenvalue weighted by Gasteiger charge is -2.30. The van der Waals surface area contributed by atoms with Crippen molar-refractivity contribution in [2.45, 2.75) is 20.8 Å².